The molecule has 7 heteroatoms. The SMILES string of the molecule is CCC(C)NC(=O)c1cccc(NCC(=O)Nc2ccccc2OCCOc2ccccc2)c1. The molecule has 0 aromatic heterocycles. The summed E-state index contributed by atoms with van der Waals surface area (Å²) in [7, 11) is 0. The highest BCUT2D eigenvalue weighted by atomic mass is 16.5. The first-order valence-corrected chi connectivity index (χ1v) is 11.4. The Balaban J connectivity index is 1.49. The van der Waals surface area contributed by atoms with Crippen molar-refractivity contribution in [1.29, 1.82) is 0 Å². The van der Waals surface area contributed by atoms with E-state index in [9.17, 15) is 9.59 Å². The molecule has 3 aromatic rings. The molecule has 0 aliphatic carbocycles. The molecule has 0 heterocycles. The summed E-state index contributed by atoms with van der Waals surface area (Å²) in [4.78, 5) is 24.9. The molecule has 0 aliphatic rings. The Hall–Kier alpha value is -4.00. The van der Waals surface area contributed by atoms with E-state index in [1.807, 2.05) is 62.4 Å². The molecule has 0 spiro atoms. The normalized spacial score (nSPS) is 11.2. The van der Waals surface area contributed by atoms with Gasteiger partial charge < -0.3 is 25.4 Å². The number of ether oxygens (including phenoxy) is 2. The zero-order valence-electron chi connectivity index (χ0n) is 19.5. The third-order valence-corrected chi connectivity index (χ3v) is 5.08. The van der Waals surface area contributed by atoms with E-state index in [1.54, 1.807) is 30.3 Å². The number of nitrogens with one attached hydrogen (secondary N) is 3. The van der Waals surface area contributed by atoms with Gasteiger partial charge in [-0.05, 0) is 55.8 Å². The number of anilines is 2. The molecule has 178 valence electrons. The Labute approximate surface area is 200 Å². The molecule has 0 saturated carbocycles. The number of hydrogen-bond acceptors (Lipinski definition) is 5. The van der Waals surface area contributed by atoms with Gasteiger partial charge in [-0.15, -0.1) is 0 Å². The zero-order valence-corrected chi connectivity index (χ0v) is 19.5. The Kier molecular flexibility index (Phi) is 9.34. The Morgan fingerprint density at radius 3 is 2.41 bits per heavy atom. The summed E-state index contributed by atoms with van der Waals surface area (Å²) in [5.41, 5.74) is 1.81. The molecule has 3 N–H and O–H groups in total. The van der Waals surface area contributed by atoms with E-state index in [0.717, 1.165) is 12.2 Å². The minimum Gasteiger partial charge on any atom is -0.490 e. The molecule has 0 radical (unpaired) electrons. The first kappa shape index (κ1) is 24.6. The van der Waals surface area contributed by atoms with Crippen LogP contribution in [-0.4, -0.2) is 37.6 Å². The fourth-order valence-corrected chi connectivity index (χ4v) is 3.08. The van der Waals surface area contributed by atoms with Crippen LogP contribution in [-0.2, 0) is 4.79 Å². The van der Waals surface area contributed by atoms with Gasteiger partial charge in [-0.25, -0.2) is 0 Å². The van der Waals surface area contributed by atoms with E-state index in [0.29, 0.717) is 35.9 Å². The molecule has 0 aliphatic heterocycles. The molecule has 7 nitrogen and oxygen atoms in total. The third kappa shape index (κ3) is 7.85. The maximum Gasteiger partial charge on any atom is 0.251 e. The molecular formula is C27H31N3O4. The van der Waals surface area contributed by atoms with Crippen LogP contribution >= 0.6 is 0 Å². The number of carbonyl (C=O) groups is 2. The van der Waals surface area contributed by atoms with Gasteiger partial charge in [0, 0.05) is 17.3 Å². The second-order valence-electron chi connectivity index (χ2n) is 7.77. The van der Waals surface area contributed by atoms with Gasteiger partial charge in [-0.1, -0.05) is 43.3 Å². The van der Waals surface area contributed by atoms with Gasteiger partial charge in [-0.2, -0.15) is 0 Å². The molecule has 0 fully saturated rings. The van der Waals surface area contributed by atoms with Crippen molar-refractivity contribution in [3.05, 3.63) is 84.4 Å². The third-order valence-electron chi connectivity index (χ3n) is 5.08. The summed E-state index contributed by atoms with van der Waals surface area (Å²) < 4.78 is 11.4. The highest BCUT2D eigenvalue weighted by Crippen LogP contribution is 2.23. The number of amides is 2. The zero-order chi connectivity index (χ0) is 24.2. The summed E-state index contributed by atoms with van der Waals surface area (Å²) in [6.45, 7) is 4.74. The fraction of sp³-hybridized carbons (Fsp3) is 0.259. The Morgan fingerprint density at radius 1 is 0.882 bits per heavy atom. The molecule has 0 bridgehead atoms. The number of hydrogen-bond donors (Lipinski definition) is 3. The van der Waals surface area contributed by atoms with Gasteiger partial charge in [0.2, 0.25) is 5.91 Å². The van der Waals surface area contributed by atoms with E-state index in [-0.39, 0.29) is 24.4 Å². The van der Waals surface area contributed by atoms with Crippen molar-refractivity contribution in [2.24, 2.45) is 0 Å². The standard InChI is InChI=1S/C27H31N3O4/c1-3-20(2)29-27(32)21-10-9-11-22(18-21)28-19-26(31)30-24-14-7-8-15-25(24)34-17-16-33-23-12-5-4-6-13-23/h4-15,18,20,28H,3,16-17,19H2,1-2H3,(H,29,32)(H,30,31). The van der Waals surface area contributed by atoms with Gasteiger partial charge in [0.1, 0.15) is 24.7 Å². The lowest BCUT2D eigenvalue weighted by Gasteiger charge is -2.14. The molecule has 1 atom stereocenters. The molecule has 34 heavy (non-hydrogen) atoms. The minimum atomic E-state index is -0.231. The maximum atomic E-state index is 12.5. The lowest BCUT2D eigenvalue weighted by molar-refractivity contribution is -0.114. The van der Waals surface area contributed by atoms with E-state index in [4.69, 9.17) is 9.47 Å². The summed E-state index contributed by atoms with van der Waals surface area (Å²) in [6, 6.07) is 23.9. The van der Waals surface area contributed by atoms with Gasteiger partial charge in [0.05, 0.1) is 12.2 Å². The lowest BCUT2D eigenvalue weighted by atomic mass is 10.1. The van der Waals surface area contributed by atoms with Crippen LogP contribution in [0.4, 0.5) is 11.4 Å². The first-order valence-electron chi connectivity index (χ1n) is 11.4. The summed E-state index contributed by atoms with van der Waals surface area (Å²) in [5.74, 6) is 0.979. The van der Waals surface area contributed by atoms with Crippen molar-refractivity contribution >= 4 is 23.2 Å². The largest absolute Gasteiger partial charge is 0.490 e. The second-order valence-corrected chi connectivity index (χ2v) is 7.77. The fourth-order valence-electron chi connectivity index (χ4n) is 3.08. The molecule has 0 saturated heterocycles. The smallest absolute Gasteiger partial charge is 0.251 e. The Bertz CT molecular complexity index is 1070. The van der Waals surface area contributed by atoms with Crippen molar-refractivity contribution in [1.82, 2.24) is 5.32 Å². The van der Waals surface area contributed by atoms with E-state index in [1.165, 1.54) is 0 Å². The van der Waals surface area contributed by atoms with Gasteiger partial charge >= 0.3 is 0 Å². The molecule has 3 aromatic carbocycles. The van der Waals surface area contributed by atoms with Crippen molar-refractivity contribution in [2.75, 3.05) is 30.4 Å². The van der Waals surface area contributed by atoms with Crippen LogP contribution in [0.2, 0.25) is 0 Å². The predicted molar refractivity (Wildman–Crippen MR) is 135 cm³/mol. The number of para-hydroxylation sites is 3. The lowest BCUT2D eigenvalue weighted by Crippen LogP contribution is -2.31. The van der Waals surface area contributed by atoms with E-state index < -0.39 is 0 Å². The van der Waals surface area contributed by atoms with Crippen molar-refractivity contribution in [3.8, 4) is 11.5 Å². The van der Waals surface area contributed by atoms with Crippen LogP contribution in [0.15, 0.2) is 78.9 Å². The number of carbonyl (C=O) groups excluding carboxylic acids is 2. The van der Waals surface area contributed by atoms with Gasteiger partial charge in [0.15, 0.2) is 0 Å². The average Bonchev–Trinajstić information content (AvgIpc) is 2.87. The topological polar surface area (TPSA) is 88.7 Å². The highest BCUT2D eigenvalue weighted by Gasteiger charge is 2.11. The van der Waals surface area contributed by atoms with Crippen LogP contribution in [0.25, 0.3) is 0 Å². The van der Waals surface area contributed by atoms with Crippen LogP contribution in [0.1, 0.15) is 30.6 Å². The maximum absolute atomic E-state index is 12.5. The number of rotatable bonds is 12. The van der Waals surface area contributed by atoms with Crippen LogP contribution < -0.4 is 25.4 Å². The number of benzene rings is 3. The minimum absolute atomic E-state index is 0.0435. The summed E-state index contributed by atoms with van der Waals surface area (Å²) >= 11 is 0. The Morgan fingerprint density at radius 2 is 1.62 bits per heavy atom. The van der Waals surface area contributed by atoms with Crippen molar-refractivity contribution in [2.45, 2.75) is 26.3 Å². The average molecular weight is 462 g/mol. The molecule has 1 unspecified atom stereocenters. The second kappa shape index (κ2) is 12.9. The molecule has 2 amide bonds. The quantitative estimate of drug-likeness (QED) is 0.340. The first-order chi connectivity index (χ1) is 16.5. The van der Waals surface area contributed by atoms with Crippen LogP contribution in [0, 0.1) is 0 Å². The van der Waals surface area contributed by atoms with Crippen LogP contribution in [0.5, 0.6) is 11.5 Å². The van der Waals surface area contributed by atoms with Crippen LogP contribution in [0.3, 0.4) is 0 Å². The van der Waals surface area contributed by atoms with Crippen molar-refractivity contribution < 1.29 is 19.1 Å². The summed E-state index contributed by atoms with van der Waals surface area (Å²) in [5, 5.41) is 8.87. The highest BCUT2D eigenvalue weighted by molar-refractivity contribution is 5.96. The van der Waals surface area contributed by atoms with Gasteiger partial charge in [0.25, 0.3) is 5.91 Å². The van der Waals surface area contributed by atoms with Gasteiger partial charge in [-0.3, -0.25) is 9.59 Å². The van der Waals surface area contributed by atoms with E-state index in [2.05, 4.69) is 16.0 Å². The molecule has 3 rings (SSSR count). The molecular weight excluding hydrogens is 430 g/mol. The monoisotopic (exact) mass is 461 g/mol. The predicted octanol–water partition coefficient (Wildman–Crippen LogP) is 4.72. The summed E-state index contributed by atoms with van der Waals surface area (Å²) in [6.07, 6.45) is 0.856. The van der Waals surface area contributed by atoms with Crippen molar-refractivity contribution in [3.63, 3.8) is 0 Å². The van der Waals surface area contributed by atoms with E-state index >= 15 is 0 Å².